The molecule has 1 heterocycles. The van der Waals surface area contributed by atoms with Crippen molar-refractivity contribution < 1.29 is 0 Å². The molecule has 4 rings (SSSR count). The van der Waals surface area contributed by atoms with Gasteiger partial charge in [0.1, 0.15) is 0 Å². The summed E-state index contributed by atoms with van der Waals surface area (Å²) in [5, 5.41) is 3.95. The molecule has 4 fully saturated rings. The molecule has 5 unspecified atom stereocenters. The fraction of sp³-hybridized carbons (Fsp3) is 1.00. The molecule has 0 aromatic heterocycles. The largest absolute Gasteiger partial charge is 0.311 e. The van der Waals surface area contributed by atoms with Gasteiger partial charge in [-0.2, -0.15) is 0 Å². The van der Waals surface area contributed by atoms with E-state index in [2.05, 4.69) is 17.1 Å². The van der Waals surface area contributed by atoms with Crippen LogP contribution >= 0.6 is 0 Å². The third kappa shape index (κ3) is 2.79. The number of hydrogen-bond donors (Lipinski definition) is 1. The number of nitrogens with one attached hydrogen (secondary N) is 1. The molecule has 4 aliphatic rings. The van der Waals surface area contributed by atoms with Gasteiger partial charge in [0.05, 0.1) is 0 Å². The lowest BCUT2D eigenvalue weighted by Gasteiger charge is -2.48. The standard InChI is InChI=1S/C19H34N2/c1-2-17-12-20-18(15-6-4-3-5-7-15)13-21(17)19-11-14-8-9-16(19)10-14/h14-20H,2-13H2,1H3. The Kier molecular flexibility index (Phi) is 4.28. The molecule has 21 heavy (non-hydrogen) atoms. The van der Waals surface area contributed by atoms with Crippen molar-refractivity contribution in [2.45, 2.75) is 89.3 Å². The molecule has 2 nitrogen and oxygen atoms in total. The van der Waals surface area contributed by atoms with E-state index in [-0.39, 0.29) is 0 Å². The van der Waals surface area contributed by atoms with Gasteiger partial charge < -0.3 is 5.32 Å². The fourth-order valence-corrected chi connectivity index (χ4v) is 6.10. The lowest BCUT2D eigenvalue weighted by Crippen LogP contribution is -2.62. The highest BCUT2D eigenvalue weighted by molar-refractivity contribution is 5.00. The second kappa shape index (κ2) is 6.20. The maximum absolute atomic E-state index is 3.95. The molecule has 0 radical (unpaired) electrons. The molecular weight excluding hydrogens is 256 g/mol. The van der Waals surface area contributed by atoms with Crippen LogP contribution in [0.4, 0.5) is 0 Å². The van der Waals surface area contributed by atoms with E-state index in [9.17, 15) is 0 Å². The molecule has 2 heteroatoms. The Labute approximate surface area is 131 Å². The third-order valence-corrected chi connectivity index (χ3v) is 7.31. The number of nitrogens with zero attached hydrogens (tertiary/aromatic N) is 1. The average molecular weight is 290 g/mol. The molecule has 0 aromatic carbocycles. The van der Waals surface area contributed by atoms with Crippen LogP contribution in [0.3, 0.4) is 0 Å². The fourth-order valence-electron chi connectivity index (χ4n) is 6.10. The predicted molar refractivity (Wildman–Crippen MR) is 88.4 cm³/mol. The first kappa shape index (κ1) is 14.5. The Morgan fingerprint density at radius 1 is 0.952 bits per heavy atom. The third-order valence-electron chi connectivity index (χ3n) is 7.31. The van der Waals surface area contributed by atoms with Gasteiger partial charge in [-0.1, -0.05) is 32.6 Å². The van der Waals surface area contributed by atoms with Crippen molar-refractivity contribution in [2.75, 3.05) is 13.1 Å². The van der Waals surface area contributed by atoms with Crippen molar-refractivity contribution in [3.8, 4) is 0 Å². The number of hydrogen-bond acceptors (Lipinski definition) is 2. The van der Waals surface area contributed by atoms with Crippen LogP contribution in [0.5, 0.6) is 0 Å². The molecule has 1 saturated heterocycles. The van der Waals surface area contributed by atoms with Gasteiger partial charge in [0.2, 0.25) is 0 Å². The summed E-state index contributed by atoms with van der Waals surface area (Å²) in [5.41, 5.74) is 0. The van der Waals surface area contributed by atoms with E-state index in [1.807, 2.05) is 0 Å². The molecule has 3 saturated carbocycles. The van der Waals surface area contributed by atoms with Crippen LogP contribution in [-0.2, 0) is 0 Å². The van der Waals surface area contributed by atoms with Crippen LogP contribution in [0.2, 0.25) is 0 Å². The van der Waals surface area contributed by atoms with E-state index in [1.54, 1.807) is 6.42 Å². The highest BCUT2D eigenvalue weighted by Crippen LogP contribution is 2.47. The molecule has 5 atom stereocenters. The first-order valence-corrected chi connectivity index (χ1v) is 9.84. The molecule has 0 aromatic rings. The first-order chi connectivity index (χ1) is 10.3. The van der Waals surface area contributed by atoms with Crippen molar-refractivity contribution in [1.82, 2.24) is 10.2 Å². The summed E-state index contributed by atoms with van der Waals surface area (Å²) in [6.45, 7) is 5.01. The van der Waals surface area contributed by atoms with Crippen LogP contribution in [0.15, 0.2) is 0 Å². The molecule has 2 bridgehead atoms. The Morgan fingerprint density at radius 2 is 1.81 bits per heavy atom. The minimum absolute atomic E-state index is 0.798. The van der Waals surface area contributed by atoms with Crippen molar-refractivity contribution >= 4 is 0 Å². The van der Waals surface area contributed by atoms with Gasteiger partial charge in [-0.25, -0.2) is 0 Å². The summed E-state index contributed by atoms with van der Waals surface area (Å²) < 4.78 is 0. The highest BCUT2D eigenvalue weighted by atomic mass is 15.3. The summed E-state index contributed by atoms with van der Waals surface area (Å²) in [5.74, 6) is 3.10. The predicted octanol–water partition coefficient (Wildman–Crippen LogP) is 3.81. The van der Waals surface area contributed by atoms with E-state index in [0.717, 1.165) is 35.9 Å². The zero-order chi connectivity index (χ0) is 14.2. The van der Waals surface area contributed by atoms with Crippen molar-refractivity contribution in [3.05, 3.63) is 0 Å². The second-order valence-corrected chi connectivity index (χ2v) is 8.41. The normalized spacial score (nSPS) is 45.3. The van der Waals surface area contributed by atoms with Crippen LogP contribution < -0.4 is 5.32 Å². The summed E-state index contributed by atoms with van der Waals surface area (Å²) in [6, 6.07) is 2.56. The summed E-state index contributed by atoms with van der Waals surface area (Å²) in [4.78, 5) is 2.99. The zero-order valence-corrected chi connectivity index (χ0v) is 13.9. The molecule has 1 N–H and O–H groups in total. The molecule has 1 aliphatic heterocycles. The Hall–Kier alpha value is -0.0800. The van der Waals surface area contributed by atoms with Gasteiger partial charge in [0.25, 0.3) is 0 Å². The number of fused-ring (bicyclic) bond motifs is 2. The van der Waals surface area contributed by atoms with Gasteiger partial charge >= 0.3 is 0 Å². The minimum Gasteiger partial charge on any atom is -0.311 e. The number of rotatable bonds is 3. The Balaban J connectivity index is 1.44. The van der Waals surface area contributed by atoms with Gasteiger partial charge in [-0.05, 0) is 56.3 Å². The Bertz CT molecular complexity index is 349. The van der Waals surface area contributed by atoms with Crippen LogP contribution in [0, 0.1) is 17.8 Å². The smallest absolute Gasteiger partial charge is 0.0224 e. The van der Waals surface area contributed by atoms with E-state index >= 15 is 0 Å². The monoisotopic (exact) mass is 290 g/mol. The maximum atomic E-state index is 3.95. The van der Waals surface area contributed by atoms with E-state index < -0.39 is 0 Å². The average Bonchev–Trinajstić information content (AvgIpc) is 3.18. The van der Waals surface area contributed by atoms with Gasteiger partial charge in [0.15, 0.2) is 0 Å². The lowest BCUT2D eigenvalue weighted by molar-refractivity contribution is 0.0334. The topological polar surface area (TPSA) is 15.3 Å². The van der Waals surface area contributed by atoms with Crippen molar-refractivity contribution in [1.29, 1.82) is 0 Å². The van der Waals surface area contributed by atoms with E-state index in [0.29, 0.717) is 0 Å². The van der Waals surface area contributed by atoms with Crippen LogP contribution in [-0.4, -0.2) is 36.1 Å². The minimum atomic E-state index is 0.798. The highest BCUT2D eigenvalue weighted by Gasteiger charge is 2.45. The van der Waals surface area contributed by atoms with Crippen LogP contribution in [0.1, 0.15) is 71.1 Å². The quantitative estimate of drug-likeness (QED) is 0.850. The number of piperazine rings is 1. The second-order valence-electron chi connectivity index (χ2n) is 8.41. The molecule has 0 amide bonds. The molecule has 3 aliphatic carbocycles. The van der Waals surface area contributed by atoms with Crippen molar-refractivity contribution in [2.24, 2.45) is 17.8 Å². The van der Waals surface area contributed by atoms with Gasteiger partial charge in [-0.15, -0.1) is 0 Å². The maximum Gasteiger partial charge on any atom is 0.0224 e. The Morgan fingerprint density at radius 3 is 2.48 bits per heavy atom. The summed E-state index contributed by atoms with van der Waals surface area (Å²) in [6.07, 6.45) is 14.9. The van der Waals surface area contributed by atoms with Crippen LogP contribution in [0.25, 0.3) is 0 Å². The summed E-state index contributed by atoms with van der Waals surface area (Å²) >= 11 is 0. The van der Waals surface area contributed by atoms with Crippen molar-refractivity contribution in [3.63, 3.8) is 0 Å². The SMILES string of the molecule is CCC1CNC(C2CCCCC2)CN1C1CC2CCC1C2. The molecular formula is C19H34N2. The lowest BCUT2D eigenvalue weighted by atomic mass is 9.81. The van der Waals surface area contributed by atoms with E-state index in [4.69, 9.17) is 0 Å². The van der Waals surface area contributed by atoms with E-state index in [1.165, 1.54) is 70.9 Å². The van der Waals surface area contributed by atoms with Gasteiger partial charge in [0, 0.05) is 31.2 Å². The molecule has 0 spiro atoms. The zero-order valence-electron chi connectivity index (χ0n) is 13.9. The summed E-state index contributed by atoms with van der Waals surface area (Å²) in [7, 11) is 0. The van der Waals surface area contributed by atoms with Gasteiger partial charge in [-0.3, -0.25) is 4.90 Å². The first-order valence-electron chi connectivity index (χ1n) is 9.84. The molecule has 120 valence electrons.